The first-order valence-corrected chi connectivity index (χ1v) is 8.49. The van der Waals surface area contributed by atoms with Gasteiger partial charge in [0.15, 0.2) is 0 Å². The summed E-state index contributed by atoms with van der Waals surface area (Å²) < 4.78 is 5.08. The fraction of sp³-hybridized carbons (Fsp3) is 0.444. The van der Waals surface area contributed by atoms with Crippen molar-refractivity contribution in [2.75, 3.05) is 25.0 Å². The Morgan fingerprint density at radius 3 is 3.04 bits per heavy atom. The number of rotatable bonds is 6. The fourth-order valence-corrected chi connectivity index (χ4v) is 3.14. The van der Waals surface area contributed by atoms with Gasteiger partial charge in [0, 0.05) is 30.4 Å². The first-order chi connectivity index (χ1) is 11.8. The highest BCUT2D eigenvalue weighted by atomic mass is 16.5. The Morgan fingerprint density at radius 2 is 2.25 bits per heavy atom. The van der Waals surface area contributed by atoms with Gasteiger partial charge in [-0.1, -0.05) is 18.2 Å². The van der Waals surface area contributed by atoms with Gasteiger partial charge in [0.25, 0.3) is 0 Å². The lowest BCUT2D eigenvalue weighted by Gasteiger charge is -2.33. The van der Waals surface area contributed by atoms with Crippen LogP contribution in [0.15, 0.2) is 36.5 Å². The molecule has 2 N–H and O–H groups in total. The summed E-state index contributed by atoms with van der Waals surface area (Å²) in [7, 11) is 0. The third kappa shape index (κ3) is 4.14. The molecule has 1 aromatic heterocycles. The molecule has 2 heterocycles. The standard InChI is InChI=1S/C18H24N4O2/c1-2-24-18(23)17-14(11-19-21-17)12-22-10-6-9-16(13-22)20-15-7-4-3-5-8-15/h3-5,7-8,11,16,20H,2,6,9-10,12-13H2,1H3,(H,19,21)/t16-/m0/s1. The number of esters is 1. The summed E-state index contributed by atoms with van der Waals surface area (Å²) in [6, 6.07) is 10.7. The van der Waals surface area contributed by atoms with E-state index in [-0.39, 0.29) is 5.97 Å². The Balaban J connectivity index is 1.60. The Kier molecular flexibility index (Phi) is 5.48. The van der Waals surface area contributed by atoms with E-state index in [0.29, 0.717) is 24.9 Å². The number of carbonyl (C=O) groups excluding carboxylic acids is 1. The average Bonchev–Trinajstić information content (AvgIpc) is 3.04. The summed E-state index contributed by atoms with van der Waals surface area (Å²) in [4.78, 5) is 14.3. The van der Waals surface area contributed by atoms with E-state index in [2.05, 4.69) is 32.5 Å². The van der Waals surface area contributed by atoms with Gasteiger partial charge < -0.3 is 10.1 Å². The minimum absolute atomic E-state index is 0.332. The summed E-state index contributed by atoms with van der Waals surface area (Å²) >= 11 is 0. The molecule has 0 radical (unpaired) electrons. The molecule has 1 fully saturated rings. The SMILES string of the molecule is CCOC(=O)c1[nH]ncc1CN1CCC[C@H](Nc2ccccc2)C1. The molecule has 0 unspecified atom stereocenters. The van der Waals surface area contributed by atoms with Gasteiger partial charge in [0.2, 0.25) is 0 Å². The van der Waals surface area contributed by atoms with Gasteiger partial charge in [0.05, 0.1) is 12.8 Å². The second-order valence-electron chi connectivity index (χ2n) is 6.08. The molecule has 0 amide bonds. The van der Waals surface area contributed by atoms with Crippen LogP contribution in [0.1, 0.15) is 35.8 Å². The van der Waals surface area contributed by atoms with Crippen LogP contribution in [0.2, 0.25) is 0 Å². The van der Waals surface area contributed by atoms with Crippen LogP contribution in [-0.2, 0) is 11.3 Å². The lowest BCUT2D eigenvalue weighted by atomic mass is 10.0. The van der Waals surface area contributed by atoms with Gasteiger partial charge in [-0.05, 0) is 38.4 Å². The van der Waals surface area contributed by atoms with Crippen LogP contribution < -0.4 is 5.32 Å². The predicted octanol–water partition coefficient (Wildman–Crippen LogP) is 2.66. The minimum Gasteiger partial charge on any atom is -0.461 e. The highest BCUT2D eigenvalue weighted by Crippen LogP contribution is 2.19. The van der Waals surface area contributed by atoms with Gasteiger partial charge in [-0.15, -0.1) is 0 Å². The summed E-state index contributed by atoms with van der Waals surface area (Å²) in [6.07, 6.45) is 4.01. The van der Waals surface area contributed by atoms with Crippen LogP contribution in [0.5, 0.6) is 0 Å². The highest BCUT2D eigenvalue weighted by molar-refractivity contribution is 5.88. The molecule has 6 heteroatoms. The predicted molar refractivity (Wildman–Crippen MR) is 92.9 cm³/mol. The number of hydrogen-bond acceptors (Lipinski definition) is 5. The van der Waals surface area contributed by atoms with Gasteiger partial charge in [-0.2, -0.15) is 5.10 Å². The van der Waals surface area contributed by atoms with Crippen molar-refractivity contribution >= 4 is 11.7 Å². The van der Waals surface area contributed by atoms with E-state index < -0.39 is 0 Å². The molecule has 1 atom stereocenters. The topological polar surface area (TPSA) is 70.2 Å². The van der Waals surface area contributed by atoms with Crippen LogP contribution >= 0.6 is 0 Å². The summed E-state index contributed by atoms with van der Waals surface area (Å²) in [5.74, 6) is -0.332. The van der Waals surface area contributed by atoms with E-state index in [9.17, 15) is 4.79 Å². The van der Waals surface area contributed by atoms with Crippen LogP contribution in [-0.4, -0.2) is 46.8 Å². The van der Waals surface area contributed by atoms with E-state index >= 15 is 0 Å². The number of nitrogens with zero attached hydrogens (tertiary/aromatic N) is 2. The zero-order chi connectivity index (χ0) is 16.8. The molecular weight excluding hydrogens is 304 g/mol. The van der Waals surface area contributed by atoms with Crippen LogP contribution in [0, 0.1) is 0 Å². The van der Waals surface area contributed by atoms with Crippen molar-refractivity contribution in [2.45, 2.75) is 32.4 Å². The number of ether oxygens (including phenoxy) is 1. The van der Waals surface area contributed by atoms with E-state index in [4.69, 9.17) is 4.74 Å². The Hall–Kier alpha value is -2.34. The van der Waals surface area contributed by atoms with Gasteiger partial charge >= 0.3 is 5.97 Å². The van der Waals surface area contributed by atoms with E-state index in [0.717, 1.165) is 37.2 Å². The van der Waals surface area contributed by atoms with Crippen molar-refractivity contribution in [2.24, 2.45) is 0 Å². The van der Waals surface area contributed by atoms with Gasteiger partial charge in [-0.3, -0.25) is 10.00 Å². The second-order valence-corrected chi connectivity index (χ2v) is 6.08. The number of hydrogen-bond donors (Lipinski definition) is 2. The van der Waals surface area contributed by atoms with Crippen molar-refractivity contribution in [1.29, 1.82) is 0 Å². The number of benzene rings is 1. The Bertz CT molecular complexity index is 656. The number of nitrogens with one attached hydrogen (secondary N) is 2. The zero-order valence-corrected chi connectivity index (χ0v) is 14.0. The maximum atomic E-state index is 11.9. The monoisotopic (exact) mass is 328 g/mol. The molecule has 0 saturated carbocycles. The molecule has 2 aromatic rings. The second kappa shape index (κ2) is 7.97. The Morgan fingerprint density at radius 1 is 1.42 bits per heavy atom. The average molecular weight is 328 g/mol. The minimum atomic E-state index is -0.332. The first-order valence-electron chi connectivity index (χ1n) is 8.49. The molecule has 0 spiro atoms. The fourth-order valence-electron chi connectivity index (χ4n) is 3.14. The first kappa shape index (κ1) is 16.5. The van der Waals surface area contributed by atoms with Gasteiger partial charge in [-0.25, -0.2) is 4.79 Å². The molecule has 1 aliphatic heterocycles. The number of piperidine rings is 1. The van der Waals surface area contributed by atoms with Crippen LogP contribution in [0.25, 0.3) is 0 Å². The number of aromatic amines is 1. The van der Waals surface area contributed by atoms with Crippen LogP contribution in [0.4, 0.5) is 5.69 Å². The van der Waals surface area contributed by atoms with Crippen LogP contribution in [0.3, 0.4) is 0 Å². The van der Waals surface area contributed by atoms with Crippen molar-refractivity contribution in [3.8, 4) is 0 Å². The van der Waals surface area contributed by atoms with E-state index in [1.54, 1.807) is 13.1 Å². The Labute approximate surface area is 142 Å². The van der Waals surface area contributed by atoms with Crippen molar-refractivity contribution in [3.05, 3.63) is 47.8 Å². The molecule has 1 saturated heterocycles. The molecule has 1 aromatic carbocycles. The largest absolute Gasteiger partial charge is 0.461 e. The molecule has 3 rings (SSSR count). The third-order valence-electron chi connectivity index (χ3n) is 4.24. The van der Waals surface area contributed by atoms with Crippen molar-refractivity contribution in [3.63, 3.8) is 0 Å². The van der Waals surface area contributed by atoms with Gasteiger partial charge in [0.1, 0.15) is 5.69 Å². The third-order valence-corrected chi connectivity index (χ3v) is 4.24. The number of anilines is 1. The molecule has 0 bridgehead atoms. The zero-order valence-electron chi connectivity index (χ0n) is 14.0. The molecule has 6 nitrogen and oxygen atoms in total. The summed E-state index contributed by atoms with van der Waals surface area (Å²) in [6.45, 7) is 4.85. The number of H-pyrrole nitrogens is 1. The van der Waals surface area contributed by atoms with Crippen molar-refractivity contribution < 1.29 is 9.53 Å². The lowest BCUT2D eigenvalue weighted by molar-refractivity contribution is 0.0516. The molecule has 128 valence electrons. The summed E-state index contributed by atoms with van der Waals surface area (Å²) in [5, 5.41) is 10.4. The number of likely N-dealkylation sites (tertiary alicyclic amines) is 1. The molecule has 1 aliphatic rings. The maximum absolute atomic E-state index is 11.9. The number of carbonyl (C=O) groups is 1. The summed E-state index contributed by atoms with van der Waals surface area (Å²) in [5.41, 5.74) is 2.52. The van der Waals surface area contributed by atoms with E-state index in [1.807, 2.05) is 18.2 Å². The molecule has 0 aliphatic carbocycles. The quantitative estimate of drug-likeness (QED) is 0.798. The molecular formula is C18H24N4O2. The van der Waals surface area contributed by atoms with Crippen molar-refractivity contribution in [1.82, 2.24) is 15.1 Å². The smallest absolute Gasteiger partial charge is 0.356 e. The lowest BCUT2D eigenvalue weighted by Crippen LogP contribution is -2.41. The molecule has 24 heavy (non-hydrogen) atoms. The number of aromatic nitrogens is 2. The maximum Gasteiger partial charge on any atom is 0.356 e. The number of para-hydroxylation sites is 1. The highest BCUT2D eigenvalue weighted by Gasteiger charge is 2.23. The normalized spacial score (nSPS) is 18.3. The van der Waals surface area contributed by atoms with E-state index in [1.165, 1.54) is 0 Å².